The lowest BCUT2D eigenvalue weighted by atomic mass is 10.0. The van der Waals surface area contributed by atoms with Crippen molar-refractivity contribution in [1.82, 2.24) is 0 Å². The van der Waals surface area contributed by atoms with E-state index in [-0.39, 0.29) is 32.3 Å². The maximum atomic E-state index is 12.6. The van der Waals surface area contributed by atoms with Gasteiger partial charge in [-0.2, -0.15) is 0 Å². The van der Waals surface area contributed by atoms with E-state index in [0.29, 0.717) is 13.0 Å². The molecule has 3 N–H and O–H groups in total. The van der Waals surface area contributed by atoms with Gasteiger partial charge in [-0.15, -0.1) is 0 Å². The van der Waals surface area contributed by atoms with Gasteiger partial charge in [0.25, 0.3) is 0 Å². The van der Waals surface area contributed by atoms with Crippen LogP contribution in [0.4, 0.5) is 0 Å². The van der Waals surface area contributed by atoms with Crippen molar-refractivity contribution in [3.05, 3.63) is 24.3 Å². The van der Waals surface area contributed by atoms with Crippen LogP contribution in [0.25, 0.3) is 0 Å². The van der Waals surface area contributed by atoms with E-state index in [2.05, 4.69) is 38.2 Å². The Kier molecular flexibility index (Phi) is 45.2. The van der Waals surface area contributed by atoms with Gasteiger partial charge >= 0.3 is 13.8 Å². The van der Waals surface area contributed by atoms with Crippen molar-refractivity contribution in [3.63, 3.8) is 0 Å². The fourth-order valence-corrected chi connectivity index (χ4v) is 7.79. The van der Waals surface area contributed by atoms with Crippen molar-refractivity contribution in [2.75, 3.05) is 33.0 Å². The van der Waals surface area contributed by atoms with Gasteiger partial charge in [0.15, 0.2) is 0 Å². The molecule has 0 saturated heterocycles. The number of carbonyl (C=O) groups excluding carboxylic acids is 1. The van der Waals surface area contributed by atoms with Gasteiger partial charge in [0.1, 0.15) is 6.10 Å². The molecule has 0 aromatic heterocycles. The predicted molar refractivity (Wildman–Crippen MR) is 243 cm³/mol. The topological polar surface area (TPSA) is 117 Å². The number of carbonyl (C=O) groups is 1. The SMILES string of the molecule is CCCCC/C=C\C/C=C\CCCCCCCC(=O)OC(COCCCCCCCCCCCCCCCCCCCCCCCCC)COP(=O)(O)OCCN. The zero-order valence-electron chi connectivity index (χ0n) is 37.6. The average Bonchev–Trinajstić information content (AvgIpc) is 3.20. The van der Waals surface area contributed by atoms with Gasteiger partial charge < -0.3 is 20.1 Å². The van der Waals surface area contributed by atoms with Crippen LogP contribution in [0, 0.1) is 0 Å². The van der Waals surface area contributed by atoms with Gasteiger partial charge in [-0.05, 0) is 44.9 Å². The number of esters is 1. The quantitative estimate of drug-likeness (QED) is 0.0270. The molecule has 0 rings (SSSR count). The highest BCUT2D eigenvalue weighted by atomic mass is 31.2. The summed E-state index contributed by atoms with van der Waals surface area (Å²) in [5, 5.41) is 0. The summed E-state index contributed by atoms with van der Waals surface area (Å²) in [6, 6.07) is 0. The van der Waals surface area contributed by atoms with E-state index >= 15 is 0 Å². The molecule has 8 nitrogen and oxygen atoms in total. The summed E-state index contributed by atoms with van der Waals surface area (Å²) >= 11 is 0. The van der Waals surface area contributed by atoms with Gasteiger partial charge in [0.2, 0.25) is 0 Å². The molecular weight excluding hydrogens is 734 g/mol. The second-order valence-electron chi connectivity index (χ2n) is 16.3. The van der Waals surface area contributed by atoms with Crippen LogP contribution in [0.15, 0.2) is 24.3 Å². The van der Waals surface area contributed by atoms with Gasteiger partial charge in [-0.3, -0.25) is 13.8 Å². The molecule has 338 valence electrons. The molecule has 0 aliphatic rings. The summed E-state index contributed by atoms with van der Waals surface area (Å²) in [7, 11) is -4.28. The third-order valence-electron chi connectivity index (χ3n) is 10.6. The normalized spacial score (nSPS) is 13.5. The van der Waals surface area contributed by atoms with Gasteiger partial charge in [0, 0.05) is 19.6 Å². The molecule has 0 aromatic rings. The Hall–Kier alpha value is -1.02. The monoisotopic (exact) mass is 828 g/mol. The zero-order chi connectivity index (χ0) is 41.6. The van der Waals surface area contributed by atoms with E-state index in [1.807, 2.05) is 0 Å². The van der Waals surface area contributed by atoms with E-state index in [0.717, 1.165) is 57.8 Å². The highest BCUT2D eigenvalue weighted by Crippen LogP contribution is 2.43. The molecule has 0 heterocycles. The summed E-state index contributed by atoms with van der Waals surface area (Å²) in [5.41, 5.74) is 5.38. The van der Waals surface area contributed by atoms with Crippen LogP contribution in [0.2, 0.25) is 0 Å². The molecule has 2 atom stereocenters. The first-order valence-corrected chi connectivity index (χ1v) is 25.8. The minimum atomic E-state index is -4.28. The van der Waals surface area contributed by atoms with Crippen molar-refractivity contribution in [3.8, 4) is 0 Å². The summed E-state index contributed by atoms with van der Waals surface area (Å²) in [6.07, 6.45) is 52.1. The smallest absolute Gasteiger partial charge is 0.457 e. The Balaban J connectivity index is 3.91. The van der Waals surface area contributed by atoms with E-state index in [9.17, 15) is 14.3 Å². The first kappa shape index (κ1) is 56.0. The molecule has 9 heteroatoms. The Morgan fingerprint density at radius 3 is 1.40 bits per heavy atom. The number of ether oxygens (including phenoxy) is 2. The first-order chi connectivity index (χ1) is 27.9. The molecule has 0 aliphatic carbocycles. The van der Waals surface area contributed by atoms with Crippen LogP contribution in [-0.4, -0.2) is 49.9 Å². The lowest BCUT2D eigenvalue weighted by Gasteiger charge is -2.20. The minimum absolute atomic E-state index is 0.0961. The second-order valence-corrected chi connectivity index (χ2v) is 17.8. The number of rotatable bonds is 47. The van der Waals surface area contributed by atoms with E-state index < -0.39 is 13.9 Å². The summed E-state index contributed by atoms with van der Waals surface area (Å²) in [5.74, 6) is -0.340. The van der Waals surface area contributed by atoms with Crippen LogP contribution < -0.4 is 5.73 Å². The molecule has 0 aliphatic heterocycles. The lowest BCUT2D eigenvalue weighted by molar-refractivity contribution is -0.154. The number of hydrogen-bond donors (Lipinski definition) is 2. The number of phosphoric ester groups is 1. The Labute approximate surface area is 353 Å². The Morgan fingerprint density at radius 1 is 0.526 bits per heavy atom. The van der Waals surface area contributed by atoms with Gasteiger partial charge in [0.05, 0.1) is 19.8 Å². The average molecular weight is 828 g/mol. The molecule has 0 fully saturated rings. The lowest BCUT2D eigenvalue weighted by Crippen LogP contribution is -2.28. The van der Waals surface area contributed by atoms with Crippen LogP contribution >= 0.6 is 7.82 Å². The largest absolute Gasteiger partial charge is 0.472 e. The molecule has 0 radical (unpaired) electrons. The Morgan fingerprint density at radius 2 is 0.930 bits per heavy atom. The van der Waals surface area contributed by atoms with E-state index in [1.165, 1.54) is 161 Å². The summed E-state index contributed by atoms with van der Waals surface area (Å²) in [6.45, 7) is 4.92. The minimum Gasteiger partial charge on any atom is -0.457 e. The summed E-state index contributed by atoms with van der Waals surface area (Å²) in [4.78, 5) is 22.5. The summed E-state index contributed by atoms with van der Waals surface area (Å²) < 4.78 is 33.5. The second kappa shape index (κ2) is 46.1. The highest BCUT2D eigenvalue weighted by molar-refractivity contribution is 7.47. The molecule has 0 amide bonds. The molecular formula is C48H94NO7P. The molecule has 57 heavy (non-hydrogen) atoms. The maximum Gasteiger partial charge on any atom is 0.472 e. The van der Waals surface area contributed by atoms with Crippen LogP contribution in [0.1, 0.15) is 239 Å². The number of unbranched alkanes of at least 4 members (excludes halogenated alkanes) is 30. The third-order valence-corrected chi connectivity index (χ3v) is 11.6. The predicted octanol–water partition coefficient (Wildman–Crippen LogP) is 14.8. The zero-order valence-corrected chi connectivity index (χ0v) is 38.5. The fraction of sp³-hybridized carbons (Fsp3) is 0.896. The first-order valence-electron chi connectivity index (χ1n) is 24.3. The number of allylic oxidation sites excluding steroid dienone is 4. The molecule has 0 spiro atoms. The number of nitrogens with two attached hydrogens (primary N) is 1. The van der Waals surface area contributed by atoms with E-state index in [1.54, 1.807) is 0 Å². The van der Waals surface area contributed by atoms with Crippen molar-refractivity contribution in [1.29, 1.82) is 0 Å². The number of hydrogen-bond acceptors (Lipinski definition) is 7. The molecule has 0 saturated carbocycles. The van der Waals surface area contributed by atoms with Crippen molar-refractivity contribution >= 4 is 13.8 Å². The van der Waals surface area contributed by atoms with Crippen molar-refractivity contribution in [2.24, 2.45) is 5.73 Å². The van der Waals surface area contributed by atoms with Crippen LogP contribution in [0.3, 0.4) is 0 Å². The van der Waals surface area contributed by atoms with Crippen LogP contribution in [0.5, 0.6) is 0 Å². The van der Waals surface area contributed by atoms with Gasteiger partial charge in [-0.25, -0.2) is 4.57 Å². The van der Waals surface area contributed by atoms with Gasteiger partial charge in [-0.1, -0.05) is 212 Å². The van der Waals surface area contributed by atoms with Crippen molar-refractivity contribution < 1.29 is 32.8 Å². The molecule has 2 unspecified atom stereocenters. The number of phosphoric acid groups is 1. The highest BCUT2D eigenvalue weighted by Gasteiger charge is 2.25. The van der Waals surface area contributed by atoms with E-state index in [4.69, 9.17) is 24.3 Å². The van der Waals surface area contributed by atoms with Crippen molar-refractivity contribution in [2.45, 2.75) is 245 Å². The maximum absolute atomic E-state index is 12.6. The van der Waals surface area contributed by atoms with Crippen LogP contribution in [-0.2, 0) is 27.9 Å². The fourth-order valence-electron chi connectivity index (χ4n) is 7.03. The third kappa shape index (κ3) is 45.9. The Bertz CT molecular complexity index is 930. The standard InChI is InChI=1S/C48H94NO7P/c1-3-5-7-9-11-13-15-17-19-20-21-22-23-24-25-26-28-30-32-34-36-38-40-43-53-45-47(46-55-57(51,52)54-44-42-49)56-48(50)41-39-37-35-33-31-29-27-18-16-14-12-10-8-6-4-2/h12,14,18,27,47H,3-11,13,15-17,19-26,28-46,49H2,1-2H3,(H,51,52)/b14-12-,27-18-. The molecule has 0 bridgehead atoms. The molecule has 0 aromatic carbocycles.